The summed E-state index contributed by atoms with van der Waals surface area (Å²) < 4.78 is 37.9. The van der Waals surface area contributed by atoms with Gasteiger partial charge in [-0.25, -0.2) is 0 Å². The summed E-state index contributed by atoms with van der Waals surface area (Å²) in [6.45, 7) is 1.04. The number of rotatable bonds is 4. The van der Waals surface area contributed by atoms with Crippen molar-refractivity contribution in [2.45, 2.75) is 25.6 Å². The summed E-state index contributed by atoms with van der Waals surface area (Å²) >= 11 is 0. The van der Waals surface area contributed by atoms with E-state index in [0.29, 0.717) is 24.6 Å². The number of carbonyl (C=O) groups is 1. The maximum Gasteiger partial charge on any atom is 0.416 e. The van der Waals surface area contributed by atoms with Crippen LogP contribution in [0.5, 0.6) is 0 Å². The van der Waals surface area contributed by atoms with Crippen LogP contribution < -0.4 is 15.5 Å². The number of guanidine groups is 1. The van der Waals surface area contributed by atoms with Crippen LogP contribution in [0, 0.1) is 0 Å². The van der Waals surface area contributed by atoms with Gasteiger partial charge in [-0.15, -0.1) is 24.0 Å². The van der Waals surface area contributed by atoms with Crippen molar-refractivity contribution in [1.82, 2.24) is 10.6 Å². The number of aliphatic imine (C=N–C) groups is 1. The van der Waals surface area contributed by atoms with Crippen molar-refractivity contribution in [1.29, 1.82) is 0 Å². The molecule has 30 heavy (non-hydrogen) atoms. The van der Waals surface area contributed by atoms with Crippen LogP contribution in [0.1, 0.15) is 23.1 Å². The predicted molar refractivity (Wildman–Crippen MR) is 122 cm³/mol. The lowest BCUT2D eigenvalue weighted by Gasteiger charge is -2.29. The van der Waals surface area contributed by atoms with Gasteiger partial charge in [-0.05, 0) is 42.2 Å². The first kappa shape index (κ1) is 24.0. The first-order valence-electron chi connectivity index (χ1n) is 9.37. The van der Waals surface area contributed by atoms with Crippen LogP contribution >= 0.6 is 24.0 Å². The minimum Gasteiger partial charge on any atom is -0.352 e. The standard InChI is InChI=1S/C21H23F3N4O.HI/c1-25-20(26-13-15-8-10-17(11-9-15)21(22,23)24)27-14-19(29)28-12-4-6-16-5-2-3-7-18(16)28;/h2-3,5,7-11H,4,6,12-14H2,1H3,(H2,25,26,27);1H. The molecule has 0 atom stereocenters. The van der Waals surface area contributed by atoms with Crippen molar-refractivity contribution in [3.05, 3.63) is 65.2 Å². The van der Waals surface area contributed by atoms with Crippen LogP contribution in [-0.2, 0) is 23.9 Å². The Kier molecular flexibility index (Phi) is 8.51. The van der Waals surface area contributed by atoms with E-state index in [-0.39, 0.29) is 36.4 Å². The molecule has 0 saturated heterocycles. The molecule has 5 nitrogen and oxygen atoms in total. The minimum absolute atomic E-state index is 0. The second-order valence-electron chi connectivity index (χ2n) is 6.75. The van der Waals surface area contributed by atoms with Crippen LogP contribution in [0.15, 0.2) is 53.5 Å². The van der Waals surface area contributed by atoms with Gasteiger partial charge in [0.2, 0.25) is 5.91 Å². The Bertz CT molecular complexity index is 885. The smallest absolute Gasteiger partial charge is 0.352 e. The first-order valence-corrected chi connectivity index (χ1v) is 9.37. The maximum atomic E-state index is 12.7. The number of fused-ring (bicyclic) bond motifs is 1. The number of hydrogen-bond donors (Lipinski definition) is 2. The molecule has 2 aromatic rings. The number of hydrogen-bond acceptors (Lipinski definition) is 2. The molecule has 0 bridgehead atoms. The largest absolute Gasteiger partial charge is 0.416 e. The number of carbonyl (C=O) groups excluding carboxylic acids is 1. The Morgan fingerprint density at radius 3 is 2.47 bits per heavy atom. The number of nitrogens with zero attached hydrogens (tertiary/aromatic N) is 2. The molecule has 0 aromatic heterocycles. The molecule has 2 N–H and O–H groups in total. The first-order chi connectivity index (χ1) is 13.9. The molecule has 9 heteroatoms. The molecule has 0 radical (unpaired) electrons. The second-order valence-corrected chi connectivity index (χ2v) is 6.75. The van der Waals surface area contributed by atoms with Gasteiger partial charge in [0.1, 0.15) is 0 Å². The molecule has 0 spiro atoms. The molecule has 1 aliphatic heterocycles. The summed E-state index contributed by atoms with van der Waals surface area (Å²) in [5.41, 5.74) is 2.10. The zero-order chi connectivity index (χ0) is 20.9. The normalized spacial score (nSPS) is 13.9. The zero-order valence-corrected chi connectivity index (χ0v) is 18.8. The number of anilines is 1. The van der Waals surface area contributed by atoms with Crippen molar-refractivity contribution in [3.63, 3.8) is 0 Å². The molecule has 0 aliphatic carbocycles. The molecule has 0 unspecified atom stereocenters. The fourth-order valence-electron chi connectivity index (χ4n) is 3.27. The van der Waals surface area contributed by atoms with E-state index in [4.69, 9.17) is 0 Å². The van der Waals surface area contributed by atoms with E-state index in [0.717, 1.165) is 36.2 Å². The maximum absolute atomic E-state index is 12.7. The van der Waals surface area contributed by atoms with Gasteiger partial charge in [0.15, 0.2) is 5.96 Å². The third kappa shape index (κ3) is 6.10. The third-order valence-corrected chi connectivity index (χ3v) is 4.78. The van der Waals surface area contributed by atoms with Gasteiger partial charge in [-0.2, -0.15) is 13.2 Å². The summed E-state index contributed by atoms with van der Waals surface area (Å²) in [5.74, 6) is 0.346. The van der Waals surface area contributed by atoms with Crippen LogP contribution in [0.4, 0.5) is 18.9 Å². The van der Waals surface area contributed by atoms with Crippen LogP contribution in [0.25, 0.3) is 0 Å². The van der Waals surface area contributed by atoms with Crippen LogP contribution in [0.2, 0.25) is 0 Å². The molecule has 1 aliphatic rings. The molecule has 0 saturated carbocycles. The minimum atomic E-state index is -4.35. The highest BCUT2D eigenvalue weighted by Gasteiger charge is 2.29. The van der Waals surface area contributed by atoms with E-state index in [1.54, 1.807) is 11.9 Å². The van der Waals surface area contributed by atoms with Gasteiger partial charge >= 0.3 is 6.18 Å². The molecular formula is C21H24F3IN4O. The Morgan fingerprint density at radius 2 is 1.80 bits per heavy atom. The van der Waals surface area contributed by atoms with Crippen LogP contribution in [0.3, 0.4) is 0 Å². The number of aryl methyl sites for hydroxylation is 1. The van der Waals surface area contributed by atoms with Gasteiger partial charge in [-0.3, -0.25) is 9.79 Å². The van der Waals surface area contributed by atoms with Crippen molar-refractivity contribution in [3.8, 4) is 0 Å². The van der Waals surface area contributed by atoms with Crippen molar-refractivity contribution in [2.24, 2.45) is 4.99 Å². The van der Waals surface area contributed by atoms with E-state index in [1.807, 2.05) is 24.3 Å². The van der Waals surface area contributed by atoms with Gasteiger partial charge in [-0.1, -0.05) is 30.3 Å². The molecule has 0 fully saturated rings. The van der Waals surface area contributed by atoms with Crippen molar-refractivity contribution >= 4 is 41.5 Å². The molecule has 2 aromatic carbocycles. The Hall–Kier alpha value is -2.30. The lowest BCUT2D eigenvalue weighted by molar-refractivity contribution is -0.137. The topological polar surface area (TPSA) is 56.7 Å². The highest BCUT2D eigenvalue weighted by molar-refractivity contribution is 14.0. The third-order valence-electron chi connectivity index (χ3n) is 4.78. The van der Waals surface area contributed by atoms with E-state index < -0.39 is 11.7 Å². The van der Waals surface area contributed by atoms with E-state index in [1.165, 1.54) is 12.1 Å². The number of alkyl halides is 3. The van der Waals surface area contributed by atoms with Gasteiger partial charge in [0.05, 0.1) is 12.1 Å². The fourth-order valence-corrected chi connectivity index (χ4v) is 3.27. The monoisotopic (exact) mass is 532 g/mol. The average Bonchev–Trinajstić information content (AvgIpc) is 2.73. The highest BCUT2D eigenvalue weighted by Crippen LogP contribution is 2.29. The van der Waals surface area contributed by atoms with Crippen LogP contribution in [-0.4, -0.2) is 32.0 Å². The summed E-state index contributed by atoms with van der Waals surface area (Å²) in [4.78, 5) is 18.5. The zero-order valence-electron chi connectivity index (χ0n) is 16.5. The quantitative estimate of drug-likeness (QED) is 0.356. The Morgan fingerprint density at radius 1 is 1.10 bits per heavy atom. The van der Waals surface area contributed by atoms with E-state index in [9.17, 15) is 18.0 Å². The number of amides is 1. The molecule has 162 valence electrons. The van der Waals surface area contributed by atoms with Gasteiger partial charge < -0.3 is 15.5 Å². The average molecular weight is 532 g/mol. The lowest BCUT2D eigenvalue weighted by Crippen LogP contribution is -2.45. The molecule has 1 amide bonds. The van der Waals surface area contributed by atoms with Crippen molar-refractivity contribution < 1.29 is 18.0 Å². The summed E-state index contributed by atoms with van der Waals surface area (Å²) in [6, 6.07) is 12.8. The lowest BCUT2D eigenvalue weighted by atomic mass is 10.0. The van der Waals surface area contributed by atoms with Gasteiger partial charge in [0.25, 0.3) is 0 Å². The number of halogens is 4. The number of para-hydroxylation sites is 1. The molecule has 1 heterocycles. The van der Waals surface area contributed by atoms with E-state index >= 15 is 0 Å². The predicted octanol–water partition coefficient (Wildman–Crippen LogP) is 3.97. The van der Waals surface area contributed by atoms with E-state index in [2.05, 4.69) is 15.6 Å². The number of benzene rings is 2. The Labute approximate surface area is 190 Å². The summed E-state index contributed by atoms with van der Waals surface area (Å²) in [6.07, 6.45) is -2.47. The summed E-state index contributed by atoms with van der Waals surface area (Å²) in [7, 11) is 1.57. The number of nitrogens with one attached hydrogen (secondary N) is 2. The molecule has 3 rings (SSSR count). The Balaban J connectivity index is 0.00000320. The highest BCUT2D eigenvalue weighted by atomic mass is 127. The van der Waals surface area contributed by atoms with Crippen molar-refractivity contribution in [2.75, 3.05) is 25.0 Å². The second kappa shape index (κ2) is 10.6. The fraction of sp³-hybridized carbons (Fsp3) is 0.333. The van der Waals surface area contributed by atoms with Gasteiger partial charge in [0, 0.05) is 25.8 Å². The SMILES string of the molecule is CN=C(NCC(=O)N1CCCc2ccccc21)NCc1ccc(C(F)(F)F)cc1.I. The summed E-state index contributed by atoms with van der Waals surface area (Å²) in [5, 5.41) is 5.98. The molecular weight excluding hydrogens is 508 g/mol.